The number of carbonyl (C=O) groups excluding carboxylic acids is 3. The molecule has 1 amide bonds. The van der Waals surface area contributed by atoms with E-state index in [1.165, 1.54) is 7.11 Å². The highest BCUT2D eigenvalue weighted by molar-refractivity contribution is 6.06. The number of carbonyl (C=O) groups is 3. The molecule has 0 aromatic carbocycles. The van der Waals surface area contributed by atoms with Gasteiger partial charge in [-0.3, -0.25) is 9.59 Å². The molecule has 1 unspecified atom stereocenters. The Kier molecular flexibility index (Phi) is 7.44. The number of ether oxygens (including phenoxy) is 1. The van der Waals surface area contributed by atoms with Gasteiger partial charge in [-0.05, 0) is 51.5 Å². The summed E-state index contributed by atoms with van der Waals surface area (Å²) in [7, 11) is 1.32. The predicted octanol–water partition coefficient (Wildman–Crippen LogP) is 4.05. The minimum absolute atomic E-state index is 0.0291. The van der Waals surface area contributed by atoms with E-state index in [2.05, 4.69) is 18.8 Å². The summed E-state index contributed by atoms with van der Waals surface area (Å²) in [4.78, 5) is 43.2. The van der Waals surface area contributed by atoms with Crippen LogP contribution in [0.25, 0.3) is 0 Å². The molecule has 1 aliphatic carbocycles. The fourth-order valence-electron chi connectivity index (χ4n) is 4.08. The molecule has 1 saturated carbocycles. The van der Waals surface area contributed by atoms with Gasteiger partial charge in [0.25, 0.3) is 0 Å². The van der Waals surface area contributed by atoms with E-state index in [4.69, 9.17) is 4.74 Å². The molecular formula is C22H34N2O4. The van der Waals surface area contributed by atoms with Gasteiger partial charge in [-0.25, -0.2) is 4.79 Å². The second kappa shape index (κ2) is 9.39. The smallest absolute Gasteiger partial charge is 0.354 e. The van der Waals surface area contributed by atoms with Gasteiger partial charge >= 0.3 is 5.97 Å². The first kappa shape index (κ1) is 22.2. The number of aryl methyl sites for hydroxylation is 1. The molecule has 1 aromatic rings. The summed E-state index contributed by atoms with van der Waals surface area (Å²) in [5.74, 6) is -0.0511. The maximum Gasteiger partial charge on any atom is 0.354 e. The molecule has 156 valence electrons. The standard InChI is InChI=1S/C22H34N2O4/c1-13(2)11-12-24(21(26)17-9-7-8-10-17)16(5)20(25)18-14(3)19(22(27)28-6)23-15(18)4/h13,16-17,23H,7-12H2,1-6H3. The number of hydrogen-bond donors (Lipinski definition) is 1. The van der Waals surface area contributed by atoms with E-state index < -0.39 is 12.0 Å². The Morgan fingerprint density at radius 3 is 2.29 bits per heavy atom. The molecule has 0 radical (unpaired) electrons. The van der Waals surface area contributed by atoms with Crippen molar-refractivity contribution in [3.63, 3.8) is 0 Å². The number of amides is 1. The maximum atomic E-state index is 13.4. The third kappa shape index (κ3) is 4.65. The normalized spacial score (nSPS) is 15.7. The van der Waals surface area contributed by atoms with Crippen LogP contribution >= 0.6 is 0 Å². The third-order valence-corrected chi connectivity index (χ3v) is 5.86. The average Bonchev–Trinajstić information content (AvgIpc) is 3.28. The second-order valence-corrected chi connectivity index (χ2v) is 8.35. The SMILES string of the molecule is COC(=O)c1[nH]c(C)c(C(=O)C(C)N(CCC(C)C)C(=O)C2CCCC2)c1C. The lowest BCUT2D eigenvalue weighted by Crippen LogP contribution is -2.46. The van der Waals surface area contributed by atoms with Crippen LogP contribution in [-0.2, 0) is 9.53 Å². The van der Waals surface area contributed by atoms with Crippen LogP contribution in [0.1, 0.15) is 85.0 Å². The van der Waals surface area contributed by atoms with Crippen LogP contribution in [-0.4, -0.2) is 47.2 Å². The van der Waals surface area contributed by atoms with Crippen molar-refractivity contribution < 1.29 is 19.1 Å². The van der Waals surface area contributed by atoms with Gasteiger partial charge in [0.1, 0.15) is 5.69 Å². The molecule has 1 heterocycles. The molecule has 1 N–H and O–H groups in total. The molecule has 1 atom stereocenters. The van der Waals surface area contributed by atoms with Crippen molar-refractivity contribution in [2.75, 3.05) is 13.7 Å². The van der Waals surface area contributed by atoms with Crippen LogP contribution < -0.4 is 0 Å². The van der Waals surface area contributed by atoms with Gasteiger partial charge in [0.2, 0.25) is 5.91 Å². The first-order chi connectivity index (χ1) is 13.2. The summed E-state index contributed by atoms with van der Waals surface area (Å²) in [6.07, 6.45) is 4.83. The molecule has 1 aliphatic rings. The molecule has 6 nitrogen and oxygen atoms in total. The third-order valence-electron chi connectivity index (χ3n) is 5.86. The number of ketones is 1. The minimum Gasteiger partial charge on any atom is -0.464 e. The number of aromatic amines is 1. The van der Waals surface area contributed by atoms with Crippen molar-refractivity contribution in [2.24, 2.45) is 11.8 Å². The van der Waals surface area contributed by atoms with E-state index in [0.29, 0.717) is 35.0 Å². The van der Waals surface area contributed by atoms with Crippen molar-refractivity contribution in [2.45, 2.75) is 72.8 Å². The van der Waals surface area contributed by atoms with Crippen LogP contribution in [0, 0.1) is 25.7 Å². The average molecular weight is 391 g/mol. The Morgan fingerprint density at radius 1 is 1.14 bits per heavy atom. The van der Waals surface area contributed by atoms with Crippen molar-refractivity contribution in [1.29, 1.82) is 0 Å². The summed E-state index contributed by atoms with van der Waals surface area (Å²) in [6, 6.07) is -0.564. The van der Waals surface area contributed by atoms with E-state index in [-0.39, 0.29) is 17.6 Å². The molecule has 28 heavy (non-hydrogen) atoms. The number of nitrogens with zero attached hydrogens (tertiary/aromatic N) is 1. The molecule has 0 aliphatic heterocycles. The zero-order chi connectivity index (χ0) is 21.0. The minimum atomic E-state index is -0.564. The number of aromatic nitrogens is 1. The number of nitrogens with one attached hydrogen (secondary N) is 1. The summed E-state index contributed by atoms with van der Waals surface area (Å²) in [5, 5.41) is 0. The fraction of sp³-hybridized carbons (Fsp3) is 0.682. The predicted molar refractivity (Wildman–Crippen MR) is 109 cm³/mol. The summed E-state index contributed by atoms with van der Waals surface area (Å²) < 4.78 is 4.80. The van der Waals surface area contributed by atoms with Crippen LogP contribution in [0.15, 0.2) is 0 Å². The second-order valence-electron chi connectivity index (χ2n) is 8.35. The van der Waals surface area contributed by atoms with Crippen molar-refractivity contribution >= 4 is 17.7 Å². The van der Waals surface area contributed by atoms with Gasteiger partial charge < -0.3 is 14.6 Å². The summed E-state index contributed by atoms with van der Waals surface area (Å²) in [6.45, 7) is 10.1. The maximum absolute atomic E-state index is 13.4. The Balaban J connectivity index is 2.31. The molecule has 0 saturated heterocycles. The first-order valence-electron chi connectivity index (χ1n) is 10.3. The van der Waals surface area contributed by atoms with Gasteiger partial charge in [0, 0.05) is 23.7 Å². The van der Waals surface area contributed by atoms with E-state index >= 15 is 0 Å². The highest BCUT2D eigenvalue weighted by Crippen LogP contribution is 2.29. The first-order valence-corrected chi connectivity index (χ1v) is 10.3. The molecule has 0 spiro atoms. The Morgan fingerprint density at radius 2 is 1.75 bits per heavy atom. The van der Waals surface area contributed by atoms with Gasteiger partial charge in [-0.1, -0.05) is 26.7 Å². The Bertz CT molecular complexity index is 729. The molecule has 0 bridgehead atoms. The van der Waals surface area contributed by atoms with Crippen LogP contribution in [0.5, 0.6) is 0 Å². The lowest BCUT2D eigenvalue weighted by molar-refractivity contribution is -0.136. The highest BCUT2D eigenvalue weighted by Gasteiger charge is 2.34. The van der Waals surface area contributed by atoms with Crippen molar-refractivity contribution in [3.05, 3.63) is 22.5 Å². The lowest BCUT2D eigenvalue weighted by Gasteiger charge is -2.31. The van der Waals surface area contributed by atoms with Crippen LogP contribution in [0.3, 0.4) is 0 Å². The van der Waals surface area contributed by atoms with Gasteiger partial charge in [0.05, 0.1) is 13.2 Å². The van der Waals surface area contributed by atoms with Crippen molar-refractivity contribution in [3.8, 4) is 0 Å². The molecule has 1 aromatic heterocycles. The van der Waals surface area contributed by atoms with Gasteiger partial charge in [-0.2, -0.15) is 0 Å². The lowest BCUT2D eigenvalue weighted by atomic mass is 9.97. The molecule has 2 rings (SSSR count). The molecule has 6 heteroatoms. The van der Waals surface area contributed by atoms with E-state index in [1.807, 2.05) is 0 Å². The number of esters is 1. The van der Waals surface area contributed by atoms with E-state index in [1.54, 1.807) is 25.7 Å². The Labute approximate surface area is 168 Å². The van der Waals surface area contributed by atoms with Gasteiger partial charge in [-0.15, -0.1) is 0 Å². The topological polar surface area (TPSA) is 79.5 Å². The zero-order valence-electron chi connectivity index (χ0n) is 18.1. The highest BCUT2D eigenvalue weighted by atomic mass is 16.5. The quantitative estimate of drug-likeness (QED) is 0.536. The fourth-order valence-corrected chi connectivity index (χ4v) is 4.08. The van der Waals surface area contributed by atoms with E-state index in [9.17, 15) is 14.4 Å². The monoisotopic (exact) mass is 390 g/mol. The van der Waals surface area contributed by atoms with Gasteiger partial charge in [0.15, 0.2) is 5.78 Å². The number of hydrogen-bond acceptors (Lipinski definition) is 4. The molecular weight excluding hydrogens is 356 g/mol. The van der Waals surface area contributed by atoms with Crippen LogP contribution in [0.4, 0.5) is 0 Å². The number of methoxy groups -OCH3 is 1. The Hall–Kier alpha value is -2.11. The largest absolute Gasteiger partial charge is 0.464 e. The molecule has 1 fully saturated rings. The number of rotatable bonds is 8. The zero-order valence-corrected chi connectivity index (χ0v) is 18.1. The van der Waals surface area contributed by atoms with Crippen LogP contribution in [0.2, 0.25) is 0 Å². The number of H-pyrrole nitrogens is 1. The number of Topliss-reactive ketones (excluding diaryl/α,β-unsaturated/α-hetero) is 1. The summed E-state index contributed by atoms with van der Waals surface area (Å²) in [5.41, 5.74) is 2.00. The van der Waals surface area contributed by atoms with E-state index in [0.717, 1.165) is 32.1 Å². The summed E-state index contributed by atoms with van der Waals surface area (Å²) >= 11 is 0. The van der Waals surface area contributed by atoms with Crippen molar-refractivity contribution in [1.82, 2.24) is 9.88 Å².